The van der Waals surface area contributed by atoms with Crippen molar-refractivity contribution in [2.24, 2.45) is 5.92 Å². The number of alkyl halides is 3. The molecule has 234 valence electrons. The number of carbonyl (C=O) groups excluding carboxylic acids is 3. The zero-order valence-electron chi connectivity index (χ0n) is 24.2. The molecule has 1 aliphatic heterocycles. The zero-order chi connectivity index (χ0) is 31.6. The summed E-state index contributed by atoms with van der Waals surface area (Å²) in [6, 6.07) is 1.31. The van der Waals surface area contributed by atoms with E-state index in [0.717, 1.165) is 12.1 Å². The van der Waals surface area contributed by atoms with Crippen molar-refractivity contribution in [2.75, 3.05) is 6.54 Å². The highest BCUT2D eigenvalue weighted by molar-refractivity contribution is 7.88. The molecule has 1 aromatic carbocycles. The predicted molar refractivity (Wildman–Crippen MR) is 146 cm³/mol. The van der Waals surface area contributed by atoms with Gasteiger partial charge in [0.05, 0.1) is 6.26 Å². The molecule has 15 heteroatoms. The number of amides is 3. The van der Waals surface area contributed by atoms with Gasteiger partial charge in [-0.15, -0.1) is 0 Å². The lowest BCUT2D eigenvalue weighted by Gasteiger charge is -2.31. The highest BCUT2D eigenvalue weighted by Gasteiger charge is 2.48. The van der Waals surface area contributed by atoms with Crippen molar-refractivity contribution >= 4 is 39.0 Å². The number of fused-ring (bicyclic) bond motifs is 1. The number of benzene rings is 1. The topological polar surface area (TPSA) is 144 Å². The van der Waals surface area contributed by atoms with Crippen LogP contribution in [0, 0.1) is 5.92 Å². The second-order valence-electron chi connectivity index (χ2n) is 11.5. The zero-order valence-corrected chi connectivity index (χ0v) is 25.0. The fourth-order valence-corrected chi connectivity index (χ4v) is 5.01. The molecule has 2 N–H and O–H groups in total. The Hall–Kier alpha value is -3.49. The number of nitrogens with zero attached hydrogens (tertiary/aromatic N) is 1. The van der Waals surface area contributed by atoms with Crippen molar-refractivity contribution in [1.82, 2.24) is 15.5 Å². The molecule has 0 unspecified atom stereocenters. The third kappa shape index (κ3) is 8.07. The summed E-state index contributed by atoms with van der Waals surface area (Å²) in [6.45, 7) is 10.5. The van der Waals surface area contributed by atoms with Crippen molar-refractivity contribution in [3.8, 4) is 5.75 Å². The first-order valence-electron chi connectivity index (χ1n) is 13.4. The second-order valence-corrected chi connectivity index (χ2v) is 13.1. The highest BCUT2D eigenvalue weighted by Crippen LogP contribution is 2.33. The molecule has 3 rings (SSSR count). The van der Waals surface area contributed by atoms with Gasteiger partial charge >= 0.3 is 21.7 Å². The van der Waals surface area contributed by atoms with E-state index in [-0.39, 0.29) is 24.3 Å². The summed E-state index contributed by atoms with van der Waals surface area (Å²) in [5, 5.41) is 5.53. The molecule has 0 aliphatic carbocycles. The number of nitrogens with one attached hydrogen (secondary N) is 2. The molecule has 1 saturated heterocycles. The van der Waals surface area contributed by atoms with Crippen LogP contribution in [0.1, 0.15) is 59.9 Å². The van der Waals surface area contributed by atoms with Crippen LogP contribution in [0.2, 0.25) is 0 Å². The van der Waals surface area contributed by atoms with Crippen molar-refractivity contribution in [3.63, 3.8) is 0 Å². The van der Waals surface area contributed by atoms with Crippen molar-refractivity contribution in [2.45, 2.75) is 90.0 Å². The Bertz CT molecular complexity index is 1420. The van der Waals surface area contributed by atoms with Crippen LogP contribution >= 0.6 is 0 Å². The monoisotopic (exact) mass is 619 g/mol. The van der Waals surface area contributed by atoms with Gasteiger partial charge in [0.1, 0.15) is 29.0 Å². The minimum Gasteiger partial charge on any atom is -0.464 e. The summed E-state index contributed by atoms with van der Waals surface area (Å²) in [7, 11) is -5.85. The van der Waals surface area contributed by atoms with E-state index in [1.54, 1.807) is 39.5 Å². The van der Waals surface area contributed by atoms with E-state index in [4.69, 9.17) is 9.15 Å². The molecule has 0 spiro atoms. The van der Waals surface area contributed by atoms with Crippen LogP contribution in [-0.4, -0.2) is 67.0 Å². The lowest BCUT2D eigenvalue weighted by Crippen LogP contribution is -2.56. The Kier molecular flexibility index (Phi) is 9.74. The number of hydrogen-bond acceptors (Lipinski definition) is 8. The summed E-state index contributed by atoms with van der Waals surface area (Å²) in [5.41, 5.74) is -5.49. The SMILES string of the molecule is CC(C)[C@H](NC(=O)[C@H](C)NC(=O)OC(C)(C)C)C(=O)N1CCC[C@H]1Cc1coc2ccc(OS(=O)(=O)C(F)(F)F)cc12. The number of furan rings is 1. The van der Waals surface area contributed by atoms with Crippen LogP contribution in [0.3, 0.4) is 0 Å². The van der Waals surface area contributed by atoms with Gasteiger partial charge in [0.15, 0.2) is 0 Å². The molecule has 42 heavy (non-hydrogen) atoms. The van der Waals surface area contributed by atoms with E-state index in [1.165, 1.54) is 19.3 Å². The van der Waals surface area contributed by atoms with E-state index in [2.05, 4.69) is 14.8 Å². The Morgan fingerprint density at radius 3 is 2.38 bits per heavy atom. The van der Waals surface area contributed by atoms with Crippen LogP contribution in [0.15, 0.2) is 28.9 Å². The fourth-order valence-electron chi connectivity index (χ4n) is 4.56. The normalized spacial score (nSPS) is 17.7. The molecule has 1 fully saturated rings. The smallest absolute Gasteiger partial charge is 0.464 e. The molecular weight excluding hydrogens is 583 g/mol. The first-order chi connectivity index (χ1) is 19.3. The van der Waals surface area contributed by atoms with Crippen molar-refractivity contribution in [1.29, 1.82) is 0 Å². The lowest BCUT2D eigenvalue weighted by molar-refractivity contribution is -0.138. The number of hydrogen-bond donors (Lipinski definition) is 2. The molecule has 1 aromatic heterocycles. The van der Waals surface area contributed by atoms with Gasteiger partial charge in [0, 0.05) is 23.5 Å². The first-order valence-corrected chi connectivity index (χ1v) is 14.8. The van der Waals surface area contributed by atoms with Crippen LogP contribution in [0.25, 0.3) is 11.0 Å². The Morgan fingerprint density at radius 1 is 1.12 bits per heavy atom. The van der Waals surface area contributed by atoms with Gasteiger partial charge < -0.3 is 28.9 Å². The molecule has 0 radical (unpaired) electrons. The molecule has 1 aliphatic rings. The van der Waals surface area contributed by atoms with Gasteiger partial charge in [-0.1, -0.05) is 13.8 Å². The van der Waals surface area contributed by atoms with Gasteiger partial charge in [0.25, 0.3) is 0 Å². The Labute approximate surface area is 242 Å². The number of ether oxygens (including phenoxy) is 1. The third-order valence-corrected chi connectivity index (χ3v) is 7.57. The largest absolute Gasteiger partial charge is 0.534 e. The molecule has 0 saturated carbocycles. The number of carbonyl (C=O) groups is 3. The maximum absolute atomic E-state index is 13.6. The molecule has 2 aromatic rings. The maximum Gasteiger partial charge on any atom is 0.534 e. The summed E-state index contributed by atoms with van der Waals surface area (Å²) in [4.78, 5) is 40.2. The van der Waals surface area contributed by atoms with Crippen LogP contribution < -0.4 is 14.8 Å². The number of likely N-dealkylation sites (tertiary alicyclic amines) is 1. The lowest BCUT2D eigenvalue weighted by atomic mass is 9.99. The van der Waals surface area contributed by atoms with Crippen LogP contribution in [0.5, 0.6) is 5.75 Å². The molecule has 2 heterocycles. The maximum atomic E-state index is 13.6. The molecule has 11 nitrogen and oxygen atoms in total. The standard InChI is InChI=1S/C27H36F3N3O8S/c1-15(2)22(32-23(34)16(3)31-25(36)40-26(4,5)6)24(35)33-11-7-8-18(33)12-17-14-39-21-10-9-19(13-20(17)21)41-42(37,38)27(28,29)30/h9-10,13-16,18,22H,7-8,11-12H2,1-6H3,(H,31,36)(H,32,34)/t16-,18-,22-/m0/s1. The van der Waals surface area contributed by atoms with Gasteiger partial charge in [-0.2, -0.15) is 21.6 Å². The van der Waals surface area contributed by atoms with Crippen molar-refractivity contribution in [3.05, 3.63) is 30.0 Å². The Morgan fingerprint density at radius 2 is 1.79 bits per heavy atom. The van der Waals surface area contributed by atoms with Crippen molar-refractivity contribution < 1.29 is 49.3 Å². The fraction of sp³-hybridized carbons (Fsp3) is 0.593. The van der Waals surface area contributed by atoms with Crippen LogP contribution in [0.4, 0.5) is 18.0 Å². The Balaban J connectivity index is 1.74. The summed E-state index contributed by atoms with van der Waals surface area (Å²) in [6.07, 6.45) is 2.20. The number of halogens is 3. The molecule has 3 amide bonds. The minimum atomic E-state index is -5.85. The van der Waals surface area contributed by atoms with Gasteiger partial charge in [-0.3, -0.25) is 9.59 Å². The van der Waals surface area contributed by atoms with Crippen LogP contribution in [-0.2, 0) is 30.9 Å². The average molecular weight is 620 g/mol. The first kappa shape index (κ1) is 33.0. The molecular formula is C27H36F3N3O8S. The highest BCUT2D eigenvalue weighted by atomic mass is 32.2. The van der Waals surface area contributed by atoms with E-state index in [1.807, 2.05) is 0 Å². The van der Waals surface area contributed by atoms with E-state index < -0.39 is 51.1 Å². The number of alkyl carbamates (subject to hydrolysis) is 1. The molecule has 0 bridgehead atoms. The predicted octanol–water partition coefficient (Wildman–Crippen LogP) is 4.25. The average Bonchev–Trinajstić information content (AvgIpc) is 3.46. The second kappa shape index (κ2) is 12.4. The number of rotatable bonds is 9. The van der Waals surface area contributed by atoms with Gasteiger partial charge in [-0.05, 0) is 71.1 Å². The summed E-state index contributed by atoms with van der Waals surface area (Å²) < 4.78 is 76.2. The van der Waals surface area contributed by atoms with E-state index in [0.29, 0.717) is 35.9 Å². The quantitative estimate of drug-likeness (QED) is 0.313. The van der Waals surface area contributed by atoms with E-state index >= 15 is 0 Å². The van der Waals surface area contributed by atoms with Gasteiger partial charge in [0.2, 0.25) is 11.8 Å². The van der Waals surface area contributed by atoms with E-state index in [9.17, 15) is 36.0 Å². The minimum absolute atomic E-state index is 0.267. The summed E-state index contributed by atoms with van der Waals surface area (Å²) in [5.74, 6) is -1.70. The third-order valence-electron chi connectivity index (χ3n) is 6.59. The molecule has 3 atom stereocenters. The summed E-state index contributed by atoms with van der Waals surface area (Å²) >= 11 is 0. The van der Waals surface area contributed by atoms with Gasteiger partial charge in [-0.25, -0.2) is 4.79 Å².